The van der Waals surface area contributed by atoms with Crippen LogP contribution in [0.1, 0.15) is 6.42 Å². The quantitative estimate of drug-likeness (QED) is 0.722. The molecule has 0 bridgehead atoms. The van der Waals surface area contributed by atoms with Crippen molar-refractivity contribution in [2.45, 2.75) is 13.0 Å². The van der Waals surface area contributed by atoms with Crippen LogP contribution in [0.2, 0.25) is 0 Å². The van der Waals surface area contributed by atoms with Crippen molar-refractivity contribution in [2.75, 3.05) is 0 Å². The number of fused-ring (bicyclic) bond motifs is 3. The minimum atomic E-state index is -0.990. The lowest BCUT2D eigenvalue weighted by atomic mass is 10.2. The van der Waals surface area contributed by atoms with Gasteiger partial charge in [-0.1, -0.05) is 12.1 Å². The van der Waals surface area contributed by atoms with Crippen LogP contribution in [0.5, 0.6) is 0 Å². The molecule has 0 unspecified atom stereocenters. The second-order valence-electron chi connectivity index (χ2n) is 4.33. The Morgan fingerprint density at radius 1 is 1.40 bits per heavy atom. The van der Waals surface area contributed by atoms with E-state index in [4.69, 9.17) is 21.7 Å². The van der Waals surface area contributed by atoms with E-state index in [0.29, 0.717) is 11.1 Å². The predicted molar refractivity (Wildman–Crippen MR) is 75.4 cm³/mol. The Labute approximate surface area is 117 Å². The van der Waals surface area contributed by atoms with Crippen molar-refractivity contribution in [3.63, 3.8) is 0 Å². The number of rotatable bonds is 3. The summed E-state index contributed by atoms with van der Waals surface area (Å²) in [5, 5.41) is 9.48. The van der Waals surface area contributed by atoms with E-state index in [9.17, 15) is 9.59 Å². The summed E-state index contributed by atoms with van der Waals surface area (Å²) in [5.41, 5.74) is 0.870. The summed E-state index contributed by atoms with van der Waals surface area (Å²) in [4.78, 5) is 25.9. The molecule has 0 spiro atoms. The van der Waals surface area contributed by atoms with Crippen molar-refractivity contribution in [1.82, 2.24) is 9.55 Å². The fourth-order valence-corrected chi connectivity index (χ4v) is 2.40. The van der Waals surface area contributed by atoms with Crippen molar-refractivity contribution >= 4 is 40.3 Å². The minimum Gasteiger partial charge on any atom is -0.481 e. The maximum absolute atomic E-state index is 12.3. The maximum atomic E-state index is 12.3. The van der Waals surface area contributed by atoms with E-state index in [1.54, 1.807) is 6.07 Å². The molecule has 20 heavy (non-hydrogen) atoms. The first kappa shape index (κ1) is 12.6. The summed E-state index contributed by atoms with van der Waals surface area (Å²) < 4.78 is 6.92. The van der Waals surface area contributed by atoms with E-state index in [1.165, 1.54) is 4.57 Å². The summed E-state index contributed by atoms with van der Waals surface area (Å²) in [6.45, 7) is 0.0104. The van der Waals surface area contributed by atoms with E-state index in [-0.39, 0.29) is 23.3 Å². The molecule has 3 rings (SSSR count). The summed E-state index contributed by atoms with van der Waals surface area (Å²) in [7, 11) is 0. The molecule has 2 aromatic heterocycles. The number of aromatic amines is 1. The summed E-state index contributed by atoms with van der Waals surface area (Å²) in [6.07, 6.45) is -0.177. The number of H-pyrrole nitrogens is 1. The zero-order chi connectivity index (χ0) is 14.3. The second kappa shape index (κ2) is 4.61. The molecule has 0 saturated carbocycles. The SMILES string of the molecule is O=C(O)CCn1c(=S)[nH]c2c(oc3ccccc32)c1=O. The first-order chi connectivity index (χ1) is 9.58. The highest BCUT2D eigenvalue weighted by molar-refractivity contribution is 7.71. The smallest absolute Gasteiger partial charge is 0.305 e. The van der Waals surface area contributed by atoms with E-state index in [2.05, 4.69) is 4.98 Å². The Kier molecular flexibility index (Phi) is 2.90. The van der Waals surface area contributed by atoms with E-state index in [0.717, 1.165) is 5.39 Å². The highest BCUT2D eigenvalue weighted by Crippen LogP contribution is 2.24. The van der Waals surface area contributed by atoms with Gasteiger partial charge in [0.05, 0.1) is 6.42 Å². The van der Waals surface area contributed by atoms with Gasteiger partial charge < -0.3 is 14.5 Å². The van der Waals surface area contributed by atoms with Gasteiger partial charge in [0.1, 0.15) is 11.1 Å². The Morgan fingerprint density at radius 2 is 2.15 bits per heavy atom. The molecule has 0 atom stereocenters. The fraction of sp³-hybridized carbons (Fsp3) is 0.154. The van der Waals surface area contributed by atoms with Crippen LogP contribution in [0.15, 0.2) is 33.5 Å². The first-order valence-corrected chi connectivity index (χ1v) is 6.35. The average molecular weight is 290 g/mol. The summed E-state index contributed by atoms with van der Waals surface area (Å²) in [6, 6.07) is 7.23. The van der Waals surface area contributed by atoms with Gasteiger partial charge in [0, 0.05) is 11.9 Å². The monoisotopic (exact) mass is 290 g/mol. The van der Waals surface area contributed by atoms with E-state index >= 15 is 0 Å². The zero-order valence-electron chi connectivity index (χ0n) is 10.3. The number of aromatic nitrogens is 2. The van der Waals surface area contributed by atoms with Gasteiger partial charge in [0.2, 0.25) is 5.58 Å². The number of carboxylic acid groups (broad SMARTS) is 1. The third-order valence-corrected chi connectivity index (χ3v) is 3.38. The van der Waals surface area contributed by atoms with Gasteiger partial charge in [0.25, 0.3) is 5.56 Å². The molecule has 6 nitrogen and oxygen atoms in total. The lowest BCUT2D eigenvalue weighted by Crippen LogP contribution is -2.23. The lowest BCUT2D eigenvalue weighted by molar-refractivity contribution is -0.137. The second-order valence-corrected chi connectivity index (χ2v) is 4.72. The molecule has 2 heterocycles. The molecule has 0 aliphatic heterocycles. The van der Waals surface area contributed by atoms with Crippen LogP contribution in [0.3, 0.4) is 0 Å². The third-order valence-electron chi connectivity index (χ3n) is 3.06. The van der Waals surface area contributed by atoms with E-state index in [1.807, 2.05) is 18.2 Å². The Bertz CT molecular complexity index is 935. The normalized spacial score (nSPS) is 11.2. The van der Waals surface area contributed by atoms with Crippen LogP contribution < -0.4 is 5.56 Å². The zero-order valence-corrected chi connectivity index (χ0v) is 11.1. The number of benzene rings is 1. The molecule has 0 aliphatic rings. The van der Waals surface area contributed by atoms with Gasteiger partial charge in [0.15, 0.2) is 4.77 Å². The summed E-state index contributed by atoms with van der Waals surface area (Å²) >= 11 is 5.12. The lowest BCUT2D eigenvalue weighted by Gasteiger charge is -2.03. The highest BCUT2D eigenvalue weighted by atomic mass is 32.1. The topological polar surface area (TPSA) is 88.2 Å². The predicted octanol–water partition coefficient (Wildman–Crippen LogP) is 2.28. The summed E-state index contributed by atoms with van der Waals surface area (Å²) in [5.74, 6) is -0.990. The Morgan fingerprint density at radius 3 is 2.90 bits per heavy atom. The van der Waals surface area contributed by atoms with Crippen LogP contribution in [0, 0.1) is 4.77 Å². The van der Waals surface area contributed by atoms with Crippen molar-refractivity contribution in [3.8, 4) is 0 Å². The number of para-hydroxylation sites is 1. The number of carbonyl (C=O) groups is 1. The van der Waals surface area contributed by atoms with Gasteiger partial charge in [-0.15, -0.1) is 0 Å². The third kappa shape index (κ3) is 1.92. The van der Waals surface area contributed by atoms with Gasteiger partial charge in [-0.05, 0) is 24.4 Å². The molecule has 0 aliphatic carbocycles. The Balaban J connectivity index is 2.30. The van der Waals surface area contributed by atoms with Gasteiger partial charge >= 0.3 is 5.97 Å². The molecule has 0 radical (unpaired) electrons. The fourth-order valence-electron chi connectivity index (χ4n) is 2.12. The van der Waals surface area contributed by atoms with E-state index < -0.39 is 11.5 Å². The van der Waals surface area contributed by atoms with Crippen molar-refractivity contribution < 1.29 is 14.3 Å². The number of nitrogens with one attached hydrogen (secondary N) is 1. The molecule has 1 aromatic carbocycles. The van der Waals surface area contributed by atoms with Crippen LogP contribution in [-0.4, -0.2) is 20.6 Å². The molecule has 7 heteroatoms. The van der Waals surface area contributed by atoms with Gasteiger partial charge in [-0.2, -0.15) is 0 Å². The molecular formula is C13H10N2O4S. The van der Waals surface area contributed by atoms with Crippen molar-refractivity contribution in [2.24, 2.45) is 0 Å². The van der Waals surface area contributed by atoms with Crippen molar-refractivity contribution in [3.05, 3.63) is 39.4 Å². The largest absolute Gasteiger partial charge is 0.481 e. The molecule has 102 valence electrons. The molecule has 2 N–H and O–H groups in total. The highest BCUT2D eigenvalue weighted by Gasteiger charge is 2.13. The molecule has 0 saturated heterocycles. The van der Waals surface area contributed by atoms with Crippen LogP contribution in [0.4, 0.5) is 0 Å². The molecular weight excluding hydrogens is 280 g/mol. The number of aliphatic carboxylic acids is 1. The maximum Gasteiger partial charge on any atom is 0.305 e. The average Bonchev–Trinajstić information content (AvgIpc) is 2.77. The molecule has 0 amide bonds. The number of hydrogen-bond donors (Lipinski definition) is 2. The Hall–Kier alpha value is -2.41. The van der Waals surface area contributed by atoms with Gasteiger partial charge in [-0.3, -0.25) is 14.2 Å². The number of nitrogens with zero attached hydrogens (tertiary/aromatic N) is 1. The van der Waals surface area contributed by atoms with Crippen LogP contribution in [-0.2, 0) is 11.3 Å². The number of carboxylic acids is 1. The number of hydrogen-bond acceptors (Lipinski definition) is 4. The standard InChI is InChI=1S/C13H10N2O4S/c16-9(17)5-6-15-12(18)11-10(14-13(15)20)7-3-1-2-4-8(7)19-11/h1-4H,5-6H2,(H,14,20)(H,16,17). The number of furan rings is 1. The van der Waals surface area contributed by atoms with Crippen LogP contribution in [0.25, 0.3) is 22.1 Å². The first-order valence-electron chi connectivity index (χ1n) is 5.94. The minimum absolute atomic E-state index is 0.0104. The van der Waals surface area contributed by atoms with Crippen LogP contribution >= 0.6 is 12.2 Å². The molecule has 3 aromatic rings. The molecule has 0 fully saturated rings. The van der Waals surface area contributed by atoms with Gasteiger partial charge in [-0.25, -0.2) is 0 Å². The van der Waals surface area contributed by atoms with Crippen molar-refractivity contribution in [1.29, 1.82) is 0 Å².